The number of hydrogen-bond acceptors (Lipinski definition) is 6. The number of aliphatic hydroxyl groups excluding tert-OH is 1. The molecule has 8 nitrogen and oxygen atoms in total. The number of ether oxygens (including phenoxy) is 1. The number of urea groups is 1. The van der Waals surface area contributed by atoms with Crippen molar-refractivity contribution < 1.29 is 19.1 Å². The molecule has 0 radical (unpaired) electrons. The van der Waals surface area contributed by atoms with E-state index >= 15 is 0 Å². The van der Waals surface area contributed by atoms with Crippen LogP contribution in [0.15, 0.2) is 47.0 Å². The minimum absolute atomic E-state index is 0.246. The number of nitrogens with one attached hydrogen (secondary N) is 1. The highest BCUT2D eigenvalue weighted by Crippen LogP contribution is 2.25. The largest absolute Gasteiger partial charge is 0.434 e. The van der Waals surface area contributed by atoms with Crippen molar-refractivity contribution in [3.63, 3.8) is 0 Å². The summed E-state index contributed by atoms with van der Waals surface area (Å²) in [5, 5.41) is 12.9. The number of aliphatic hydroxyl groups is 1. The van der Waals surface area contributed by atoms with E-state index in [-0.39, 0.29) is 18.7 Å². The average molecular weight is 368 g/mol. The smallest absolute Gasteiger partial charge is 0.322 e. The number of pyridine rings is 1. The number of likely N-dealkylation sites (N-methyl/N-ethyl adjacent to an activating group) is 1. The topological polar surface area (TPSA) is 101 Å². The highest BCUT2D eigenvalue weighted by molar-refractivity contribution is 5.90. The van der Waals surface area contributed by atoms with Gasteiger partial charge in [0, 0.05) is 24.0 Å². The van der Waals surface area contributed by atoms with Gasteiger partial charge in [-0.2, -0.15) is 4.98 Å². The fourth-order valence-corrected chi connectivity index (χ4v) is 3.18. The lowest BCUT2D eigenvalue weighted by atomic mass is 10.2. The first-order chi connectivity index (χ1) is 13.2. The Labute approximate surface area is 155 Å². The Morgan fingerprint density at radius 3 is 2.96 bits per heavy atom. The van der Waals surface area contributed by atoms with Gasteiger partial charge < -0.3 is 24.5 Å². The molecule has 0 unspecified atom stereocenters. The van der Waals surface area contributed by atoms with Gasteiger partial charge in [-0.1, -0.05) is 6.07 Å². The zero-order valence-electron chi connectivity index (χ0n) is 14.8. The summed E-state index contributed by atoms with van der Waals surface area (Å²) in [7, 11) is 0. The molecule has 0 spiro atoms. The molecule has 1 saturated heterocycles. The van der Waals surface area contributed by atoms with E-state index in [1.165, 1.54) is 0 Å². The van der Waals surface area contributed by atoms with Crippen molar-refractivity contribution in [2.75, 3.05) is 25.1 Å². The average Bonchev–Trinajstić information content (AvgIpc) is 3.29. The number of anilines is 1. The molecular formula is C19H20N4O4. The number of hydrogen-bond donors (Lipinski definition) is 2. The van der Waals surface area contributed by atoms with Crippen LogP contribution in [-0.4, -0.2) is 57.9 Å². The molecule has 2 atom stereocenters. The second-order valence-corrected chi connectivity index (χ2v) is 6.31. The Bertz CT molecular complexity index is 925. The summed E-state index contributed by atoms with van der Waals surface area (Å²) >= 11 is 0. The van der Waals surface area contributed by atoms with Crippen LogP contribution in [0.4, 0.5) is 10.5 Å². The molecule has 1 aliphatic rings. The lowest BCUT2D eigenvalue weighted by Gasteiger charge is -2.28. The van der Waals surface area contributed by atoms with Gasteiger partial charge in [-0.15, -0.1) is 0 Å². The van der Waals surface area contributed by atoms with Crippen LogP contribution < -0.4 is 5.32 Å². The van der Waals surface area contributed by atoms with E-state index in [0.717, 1.165) is 5.56 Å². The normalized spacial score (nSPS) is 19.3. The molecule has 8 heteroatoms. The maximum atomic E-state index is 12.7. The number of aromatic nitrogens is 2. The van der Waals surface area contributed by atoms with E-state index in [4.69, 9.17) is 9.15 Å². The summed E-state index contributed by atoms with van der Waals surface area (Å²) in [5.74, 6) is 0.437. The standard InChI is InChI=1S/C19H20N4O4/c1-2-23(14-10-26-11-15(14)24)19(25)21-13-6-3-5-12(9-13)18-22-17-16(27-18)7-4-8-20-17/h3-9,14-15,24H,2,10-11H2,1H3,(H,21,25)/t14-,15-/m1/s1. The number of fused-ring (bicyclic) bond motifs is 1. The van der Waals surface area contributed by atoms with Gasteiger partial charge in [-0.3, -0.25) is 0 Å². The molecule has 27 heavy (non-hydrogen) atoms. The van der Waals surface area contributed by atoms with Crippen molar-refractivity contribution in [1.29, 1.82) is 0 Å². The van der Waals surface area contributed by atoms with E-state index in [1.54, 1.807) is 35.4 Å². The van der Waals surface area contributed by atoms with E-state index in [9.17, 15) is 9.90 Å². The number of carbonyl (C=O) groups is 1. The number of oxazole rings is 1. The number of carbonyl (C=O) groups excluding carboxylic acids is 1. The molecule has 1 aromatic carbocycles. The van der Waals surface area contributed by atoms with Gasteiger partial charge in [0.1, 0.15) is 0 Å². The maximum absolute atomic E-state index is 12.7. The summed E-state index contributed by atoms with van der Waals surface area (Å²) in [4.78, 5) is 22.8. The molecule has 2 amide bonds. The van der Waals surface area contributed by atoms with E-state index < -0.39 is 6.10 Å². The molecule has 4 rings (SSSR count). The second-order valence-electron chi connectivity index (χ2n) is 6.31. The molecule has 3 aromatic rings. The van der Waals surface area contributed by atoms with Gasteiger partial charge in [0.15, 0.2) is 11.2 Å². The van der Waals surface area contributed by atoms with E-state index in [2.05, 4.69) is 15.3 Å². The minimum Gasteiger partial charge on any atom is -0.434 e. The summed E-state index contributed by atoms with van der Waals surface area (Å²) in [5.41, 5.74) is 2.49. The maximum Gasteiger partial charge on any atom is 0.322 e. The number of nitrogens with zero attached hydrogens (tertiary/aromatic N) is 3. The summed E-state index contributed by atoms with van der Waals surface area (Å²) < 4.78 is 11.0. The highest BCUT2D eigenvalue weighted by atomic mass is 16.5. The minimum atomic E-state index is -0.672. The molecule has 3 heterocycles. The van der Waals surface area contributed by atoms with Crippen molar-refractivity contribution in [1.82, 2.24) is 14.9 Å². The molecule has 2 N–H and O–H groups in total. The Kier molecular flexibility index (Phi) is 4.74. The molecule has 1 fully saturated rings. The SMILES string of the molecule is CCN(C(=O)Nc1cccc(-c2nc3ncccc3o2)c1)[C@@H]1COC[C@H]1O. The Balaban J connectivity index is 1.54. The molecule has 1 aliphatic heterocycles. The third-order valence-electron chi connectivity index (χ3n) is 4.55. The van der Waals surface area contributed by atoms with E-state index in [0.29, 0.717) is 36.0 Å². The Hall–Kier alpha value is -2.97. The first kappa shape index (κ1) is 17.4. The van der Waals surface area contributed by atoms with Crippen molar-refractivity contribution in [3.05, 3.63) is 42.6 Å². The zero-order valence-corrected chi connectivity index (χ0v) is 14.8. The zero-order chi connectivity index (χ0) is 18.8. The second kappa shape index (κ2) is 7.34. The lowest BCUT2D eigenvalue weighted by Crippen LogP contribution is -2.48. The van der Waals surface area contributed by atoms with Crippen LogP contribution in [0.2, 0.25) is 0 Å². The Morgan fingerprint density at radius 2 is 2.22 bits per heavy atom. The van der Waals surface area contributed by atoms with Crippen LogP contribution in [0.25, 0.3) is 22.7 Å². The Morgan fingerprint density at radius 1 is 1.33 bits per heavy atom. The van der Waals surface area contributed by atoms with Gasteiger partial charge in [-0.25, -0.2) is 9.78 Å². The number of amides is 2. The van der Waals surface area contributed by atoms with Gasteiger partial charge in [0.25, 0.3) is 0 Å². The van der Waals surface area contributed by atoms with Crippen molar-refractivity contribution in [3.8, 4) is 11.5 Å². The lowest BCUT2D eigenvalue weighted by molar-refractivity contribution is 0.1000. The molecule has 140 valence electrons. The molecule has 0 aliphatic carbocycles. The van der Waals surface area contributed by atoms with Gasteiger partial charge >= 0.3 is 6.03 Å². The molecule has 0 saturated carbocycles. The van der Waals surface area contributed by atoms with E-state index in [1.807, 2.05) is 19.1 Å². The van der Waals surface area contributed by atoms with Crippen LogP contribution >= 0.6 is 0 Å². The molecular weight excluding hydrogens is 348 g/mol. The fourth-order valence-electron chi connectivity index (χ4n) is 3.18. The first-order valence-corrected chi connectivity index (χ1v) is 8.81. The van der Waals surface area contributed by atoms with Crippen LogP contribution in [0.5, 0.6) is 0 Å². The predicted molar refractivity (Wildman–Crippen MR) is 99.3 cm³/mol. The van der Waals surface area contributed by atoms with Crippen molar-refractivity contribution in [2.24, 2.45) is 0 Å². The summed E-state index contributed by atoms with van der Waals surface area (Å²) in [6.45, 7) is 2.91. The quantitative estimate of drug-likeness (QED) is 0.734. The van der Waals surface area contributed by atoms with Gasteiger partial charge in [0.2, 0.25) is 5.89 Å². The van der Waals surface area contributed by atoms with Crippen LogP contribution in [0, 0.1) is 0 Å². The summed E-state index contributed by atoms with van der Waals surface area (Å²) in [6, 6.07) is 10.2. The van der Waals surface area contributed by atoms with Crippen LogP contribution in [0.1, 0.15) is 6.92 Å². The van der Waals surface area contributed by atoms with Gasteiger partial charge in [0.05, 0.1) is 25.4 Å². The van der Waals surface area contributed by atoms with Gasteiger partial charge in [-0.05, 0) is 37.3 Å². The third kappa shape index (κ3) is 3.49. The first-order valence-electron chi connectivity index (χ1n) is 8.81. The predicted octanol–water partition coefficient (Wildman–Crippen LogP) is 2.50. The highest BCUT2D eigenvalue weighted by Gasteiger charge is 2.33. The molecule has 2 aromatic heterocycles. The van der Waals surface area contributed by atoms with Crippen molar-refractivity contribution in [2.45, 2.75) is 19.1 Å². The van der Waals surface area contributed by atoms with Crippen LogP contribution in [-0.2, 0) is 4.74 Å². The monoisotopic (exact) mass is 368 g/mol. The fraction of sp³-hybridized carbons (Fsp3) is 0.316. The number of rotatable bonds is 4. The summed E-state index contributed by atoms with van der Waals surface area (Å²) in [6.07, 6.45) is 0.987. The van der Waals surface area contributed by atoms with Crippen molar-refractivity contribution >= 4 is 22.9 Å². The third-order valence-corrected chi connectivity index (χ3v) is 4.55. The number of benzene rings is 1. The van der Waals surface area contributed by atoms with Crippen LogP contribution in [0.3, 0.4) is 0 Å². The molecule has 0 bridgehead atoms.